The van der Waals surface area contributed by atoms with E-state index in [1.807, 2.05) is 30.3 Å². The lowest BCUT2D eigenvalue weighted by molar-refractivity contribution is 0.0958. The predicted octanol–water partition coefficient (Wildman–Crippen LogP) is 2.35. The summed E-state index contributed by atoms with van der Waals surface area (Å²) < 4.78 is 5.07. The summed E-state index contributed by atoms with van der Waals surface area (Å²) in [6.07, 6.45) is 0. The molecule has 0 atom stereocenters. The van der Waals surface area contributed by atoms with E-state index in [-0.39, 0.29) is 12.5 Å². The Hall–Kier alpha value is -3.24. The Morgan fingerprint density at radius 1 is 1.18 bits per heavy atom. The highest BCUT2D eigenvalue weighted by atomic mass is 16.5. The van der Waals surface area contributed by atoms with Crippen molar-refractivity contribution < 1.29 is 9.53 Å². The molecule has 0 aliphatic rings. The molecule has 0 aromatic heterocycles. The van der Waals surface area contributed by atoms with Crippen molar-refractivity contribution in [3.63, 3.8) is 0 Å². The highest BCUT2D eigenvalue weighted by Gasteiger charge is 2.04. The van der Waals surface area contributed by atoms with Gasteiger partial charge in [0.1, 0.15) is 5.75 Å². The monoisotopic (exact) mass is 290 g/mol. The fourth-order valence-electron chi connectivity index (χ4n) is 1.78. The number of carbonyl (C=O) groups is 1. The van der Waals surface area contributed by atoms with Crippen molar-refractivity contribution in [2.75, 3.05) is 13.7 Å². The lowest BCUT2D eigenvalue weighted by atomic mass is 10.1. The Morgan fingerprint density at radius 2 is 1.95 bits per heavy atom. The van der Waals surface area contributed by atoms with E-state index in [2.05, 4.69) is 17.2 Å². The summed E-state index contributed by atoms with van der Waals surface area (Å²) in [5, 5.41) is 11.5. The van der Waals surface area contributed by atoms with Gasteiger partial charge in [-0.1, -0.05) is 17.9 Å². The van der Waals surface area contributed by atoms with Crippen LogP contribution in [-0.2, 0) is 0 Å². The number of ether oxygens (including phenoxy) is 1. The largest absolute Gasteiger partial charge is 0.497 e. The summed E-state index contributed by atoms with van der Waals surface area (Å²) in [6, 6.07) is 15.9. The molecule has 0 bridgehead atoms. The molecule has 108 valence electrons. The fourth-order valence-corrected chi connectivity index (χ4v) is 1.78. The third kappa shape index (κ3) is 4.13. The van der Waals surface area contributed by atoms with Crippen LogP contribution in [0.4, 0.5) is 0 Å². The van der Waals surface area contributed by atoms with E-state index < -0.39 is 0 Å². The van der Waals surface area contributed by atoms with Crippen molar-refractivity contribution in [2.24, 2.45) is 0 Å². The minimum Gasteiger partial charge on any atom is -0.497 e. The van der Waals surface area contributed by atoms with Gasteiger partial charge in [-0.3, -0.25) is 4.79 Å². The minimum absolute atomic E-state index is 0.238. The number of carbonyl (C=O) groups excluding carboxylic acids is 1. The first-order valence-corrected chi connectivity index (χ1v) is 6.64. The molecule has 2 aromatic rings. The number of amides is 1. The molecule has 4 nitrogen and oxygen atoms in total. The molecule has 2 aromatic carbocycles. The van der Waals surface area contributed by atoms with E-state index in [9.17, 15) is 4.79 Å². The summed E-state index contributed by atoms with van der Waals surface area (Å²) in [7, 11) is 1.61. The van der Waals surface area contributed by atoms with E-state index >= 15 is 0 Å². The van der Waals surface area contributed by atoms with Gasteiger partial charge in [-0.2, -0.15) is 5.26 Å². The lowest BCUT2D eigenvalue weighted by Gasteiger charge is -2.01. The maximum Gasteiger partial charge on any atom is 0.252 e. The summed E-state index contributed by atoms with van der Waals surface area (Å²) in [6.45, 7) is 0.238. The zero-order valence-electron chi connectivity index (χ0n) is 12.1. The number of methoxy groups -OCH3 is 1. The molecule has 0 heterocycles. The molecule has 0 aliphatic carbocycles. The number of nitrogens with one attached hydrogen (secondary N) is 1. The molecular formula is C18H14N2O2. The van der Waals surface area contributed by atoms with E-state index in [1.165, 1.54) is 0 Å². The number of hydrogen-bond acceptors (Lipinski definition) is 3. The summed E-state index contributed by atoms with van der Waals surface area (Å²) in [4.78, 5) is 11.9. The number of benzene rings is 2. The topological polar surface area (TPSA) is 62.1 Å². The molecule has 4 heteroatoms. The molecule has 0 unspecified atom stereocenters. The van der Waals surface area contributed by atoms with Gasteiger partial charge < -0.3 is 10.1 Å². The Labute approximate surface area is 129 Å². The van der Waals surface area contributed by atoms with Crippen LogP contribution in [0.25, 0.3) is 0 Å². The van der Waals surface area contributed by atoms with Gasteiger partial charge in [-0.25, -0.2) is 0 Å². The average molecular weight is 290 g/mol. The molecule has 0 radical (unpaired) electrons. The van der Waals surface area contributed by atoms with Crippen molar-refractivity contribution >= 4 is 5.91 Å². The first-order valence-electron chi connectivity index (χ1n) is 6.64. The molecule has 0 saturated carbocycles. The second-order valence-electron chi connectivity index (χ2n) is 4.41. The molecule has 1 amide bonds. The van der Waals surface area contributed by atoms with Crippen LogP contribution >= 0.6 is 0 Å². The fraction of sp³-hybridized carbons (Fsp3) is 0.111. The van der Waals surface area contributed by atoms with Gasteiger partial charge in [0.25, 0.3) is 5.91 Å². The SMILES string of the molecule is COc1ccc(C#CCNC(=O)c2cccc(C#N)c2)cc1. The van der Waals surface area contributed by atoms with Crippen molar-refractivity contribution in [3.05, 3.63) is 65.2 Å². The van der Waals surface area contributed by atoms with Gasteiger partial charge in [0.15, 0.2) is 0 Å². The highest BCUT2D eigenvalue weighted by molar-refractivity contribution is 5.94. The average Bonchev–Trinajstić information content (AvgIpc) is 2.59. The van der Waals surface area contributed by atoms with Gasteiger partial charge in [-0.05, 0) is 42.5 Å². The van der Waals surface area contributed by atoms with Gasteiger partial charge in [0.05, 0.1) is 25.3 Å². The quantitative estimate of drug-likeness (QED) is 0.883. The van der Waals surface area contributed by atoms with Crippen molar-refractivity contribution in [3.8, 4) is 23.7 Å². The van der Waals surface area contributed by atoms with E-state index in [1.54, 1.807) is 31.4 Å². The van der Waals surface area contributed by atoms with Crippen LogP contribution in [0.1, 0.15) is 21.5 Å². The predicted molar refractivity (Wildman–Crippen MR) is 83.4 cm³/mol. The van der Waals surface area contributed by atoms with Crippen molar-refractivity contribution in [2.45, 2.75) is 0 Å². The Morgan fingerprint density at radius 3 is 2.64 bits per heavy atom. The van der Waals surface area contributed by atoms with E-state index in [4.69, 9.17) is 10.00 Å². The molecule has 0 saturated heterocycles. The molecule has 1 N–H and O–H groups in total. The molecule has 22 heavy (non-hydrogen) atoms. The van der Waals surface area contributed by atoms with Crippen LogP contribution in [0, 0.1) is 23.2 Å². The third-order valence-electron chi connectivity index (χ3n) is 2.91. The van der Waals surface area contributed by atoms with E-state index in [0.717, 1.165) is 11.3 Å². The number of nitriles is 1. The summed E-state index contributed by atoms with van der Waals surface area (Å²) in [5.74, 6) is 6.36. The smallest absolute Gasteiger partial charge is 0.252 e. The Kier molecular flexibility index (Phi) is 5.18. The second kappa shape index (κ2) is 7.52. The van der Waals surface area contributed by atoms with Gasteiger partial charge >= 0.3 is 0 Å². The maximum atomic E-state index is 11.9. The summed E-state index contributed by atoms with van der Waals surface area (Å²) >= 11 is 0. The van der Waals surface area contributed by atoms with Crippen LogP contribution in [0.2, 0.25) is 0 Å². The molecule has 0 aliphatic heterocycles. The highest BCUT2D eigenvalue weighted by Crippen LogP contribution is 2.10. The Bertz CT molecular complexity index is 762. The van der Waals surface area contributed by atoms with Crippen LogP contribution in [-0.4, -0.2) is 19.6 Å². The van der Waals surface area contributed by atoms with Crippen molar-refractivity contribution in [1.82, 2.24) is 5.32 Å². The normalized spacial score (nSPS) is 9.09. The summed E-state index contributed by atoms with van der Waals surface area (Å²) in [5.41, 5.74) is 1.75. The molecular weight excluding hydrogens is 276 g/mol. The molecule has 0 fully saturated rings. The van der Waals surface area contributed by atoms with Gasteiger partial charge in [0.2, 0.25) is 0 Å². The van der Waals surface area contributed by atoms with Crippen LogP contribution in [0.5, 0.6) is 5.75 Å². The van der Waals surface area contributed by atoms with Crippen LogP contribution < -0.4 is 10.1 Å². The Balaban J connectivity index is 1.91. The van der Waals surface area contributed by atoms with Crippen LogP contribution in [0.3, 0.4) is 0 Å². The van der Waals surface area contributed by atoms with Crippen LogP contribution in [0.15, 0.2) is 48.5 Å². The number of hydrogen-bond donors (Lipinski definition) is 1. The molecule has 2 rings (SSSR count). The third-order valence-corrected chi connectivity index (χ3v) is 2.91. The first kappa shape index (κ1) is 15.2. The number of nitrogens with zero attached hydrogens (tertiary/aromatic N) is 1. The van der Waals surface area contributed by atoms with Gasteiger partial charge in [0, 0.05) is 11.1 Å². The zero-order valence-corrected chi connectivity index (χ0v) is 12.1. The second-order valence-corrected chi connectivity index (χ2v) is 4.41. The van der Waals surface area contributed by atoms with E-state index in [0.29, 0.717) is 11.1 Å². The maximum absolute atomic E-state index is 11.9. The number of rotatable bonds is 3. The minimum atomic E-state index is -0.249. The lowest BCUT2D eigenvalue weighted by Crippen LogP contribution is -2.23. The molecule has 0 spiro atoms. The first-order chi connectivity index (χ1) is 10.7. The standard InChI is InChI=1S/C18H14N2O2/c1-22-17-9-7-14(8-10-17)5-3-11-20-18(21)16-6-2-4-15(12-16)13-19/h2,4,6-10,12H,11H2,1H3,(H,20,21). The zero-order chi connectivity index (χ0) is 15.8. The van der Waals surface area contributed by atoms with Gasteiger partial charge in [-0.15, -0.1) is 0 Å². The van der Waals surface area contributed by atoms with Crippen molar-refractivity contribution in [1.29, 1.82) is 5.26 Å².